The Kier molecular flexibility index (Phi) is 3.57. The maximum atomic E-state index is 13.2. The van der Waals surface area contributed by atoms with Gasteiger partial charge in [0.15, 0.2) is 0 Å². The molecule has 0 radical (unpaired) electrons. The monoisotopic (exact) mass is 264 g/mol. The molecule has 6 nitrogen and oxygen atoms in total. The maximum Gasteiger partial charge on any atom is 0.377 e. The summed E-state index contributed by atoms with van der Waals surface area (Å²) in [7, 11) is 1.24. The Balaban J connectivity index is 2.47. The lowest BCUT2D eigenvalue weighted by Gasteiger charge is -2.12. The van der Waals surface area contributed by atoms with E-state index in [1.165, 1.54) is 36.3 Å². The molecule has 0 aliphatic heterocycles. The summed E-state index contributed by atoms with van der Waals surface area (Å²) in [5.74, 6) is -1.09. The van der Waals surface area contributed by atoms with Gasteiger partial charge in [0, 0.05) is 6.04 Å². The molecule has 0 saturated heterocycles. The number of hydrogen-bond donors (Lipinski definition) is 1. The van der Waals surface area contributed by atoms with Crippen LogP contribution in [-0.2, 0) is 4.74 Å². The van der Waals surface area contributed by atoms with Crippen LogP contribution in [0.25, 0.3) is 5.69 Å². The number of methoxy groups -OCH3 is 1. The Morgan fingerprint density at radius 2 is 2.26 bits per heavy atom. The predicted molar refractivity (Wildman–Crippen MR) is 65.3 cm³/mol. The number of nitrogens with zero attached hydrogens (tertiary/aromatic N) is 3. The first-order chi connectivity index (χ1) is 9.02. The van der Waals surface area contributed by atoms with Crippen molar-refractivity contribution in [2.45, 2.75) is 13.0 Å². The van der Waals surface area contributed by atoms with E-state index in [1.807, 2.05) is 0 Å². The van der Waals surface area contributed by atoms with Gasteiger partial charge in [-0.25, -0.2) is 18.9 Å². The van der Waals surface area contributed by atoms with E-state index in [2.05, 4.69) is 14.8 Å². The molecule has 1 unspecified atom stereocenters. The van der Waals surface area contributed by atoms with Gasteiger partial charge in [0.25, 0.3) is 5.82 Å². The van der Waals surface area contributed by atoms with Gasteiger partial charge in [-0.3, -0.25) is 0 Å². The molecule has 1 atom stereocenters. The highest BCUT2D eigenvalue weighted by molar-refractivity contribution is 5.84. The van der Waals surface area contributed by atoms with Crippen LogP contribution < -0.4 is 5.73 Å². The number of hydrogen-bond acceptors (Lipinski definition) is 5. The van der Waals surface area contributed by atoms with Crippen molar-refractivity contribution in [3.63, 3.8) is 0 Å². The number of esters is 1. The third-order valence-electron chi connectivity index (χ3n) is 2.59. The Bertz CT molecular complexity index is 610. The lowest BCUT2D eigenvalue weighted by Crippen LogP contribution is -2.11. The first-order valence-corrected chi connectivity index (χ1v) is 5.58. The van der Waals surface area contributed by atoms with Crippen molar-refractivity contribution in [1.29, 1.82) is 0 Å². The number of rotatable bonds is 3. The van der Waals surface area contributed by atoms with Gasteiger partial charge in [-0.15, -0.1) is 5.10 Å². The summed E-state index contributed by atoms with van der Waals surface area (Å²) in [6.45, 7) is 1.73. The summed E-state index contributed by atoms with van der Waals surface area (Å²) in [6, 6.07) is 3.78. The van der Waals surface area contributed by atoms with Gasteiger partial charge < -0.3 is 10.5 Å². The van der Waals surface area contributed by atoms with Crippen molar-refractivity contribution in [2.75, 3.05) is 7.11 Å². The molecular formula is C12H13FN4O2. The van der Waals surface area contributed by atoms with Crippen LogP contribution in [0.5, 0.6) is 0 Å². The van der Waals surface area contributed by atoms with Crippen molar-refractivity contribution >= 4 is 5.97 Å². The Morgan fingerprint density at radius 3 is 2.89 bits per heavy atom. The summed E-state index contributed by atoms with van der Waals surface area (Å²) < 4.78 is 19.1. The molecule has 0 spiro atoms. The van der Waals surface area contributed by atoms with Gasteiger partial charge in [-0.1, -0.05) is 0 Å². The highest BCUT2D eigenvalue weighted by atomic mass is 19.1. The molecule has 2 N–H and O–H groups in total. The lowest BCUT2D eigenvalue weighted by molar-refractivity contribution is 0.0587. The summed E-state index contributed by atoms with van der Waals surface area (Å²) in [5, 5.41) is 3.98. The predicted octanol–water partition coefficient (Wildman–Crippen LogP) is 1.21. The Morgan fingerprint density at radius 1 is 1.53 bits per heavy atom. The molecule has 0 saturated carbocycles. The van der Waals surface area contributed by atoms with E-state index < -0.39 is 5.97 Å². The van der Waals surface area contributed by atoms with Gasteiger partial charge in [-0.05, 0) is 30.7 Å². The van der Waals surface area contributed by atoms with Crippen LogP contribution in [0.2, 0.25) is 0 Å². The van der Waals surface area contributed by atoms with Gasteiger partial charge >= 0.3 is 5.97 Å². The second-order valence-corrected chi connectivity index (χ2v) is 4.00. The first kappa shape index (κ1) is 13.2. The minimum atomic E-state index is -0.636. The molecule has 0 fully saturated rings. The van der Waals surface area contributed by atoms with Crippen LogP contribution in [-0.4, -0.2) is 27.8 Å². The molecule has 19 heavy (non-hydrogen) atoms. The van der Waals surface area contributed by atoms with Gasteiger partial charge in [0.1, 0.15) is 12.1 Å². The molecule has 1 aromatic heterocycles. The summed E-state index contributed by atoms with van der Waals surface area (Å²) in [5.41, 5.74) is 6.93. The van der Waals surface area contributed by atoms with E-state index in [4.69, 9.17) is 5.73 Å². The molecule has 0 aliphatic rings. The average Bonchev–Trinajstić information content (AvgIpc) is 2.87. The first-order valence-electron chi connectivity index (χ1n) is 5.58. The smallest absolute Gasteiger partial charge is 0.377 e. The molecule has 100 valence electrons. The molecule has 2 aromatic rings. The molecule has 0 amide bonds. The van der Waals surface area contributed by atoms with Gasteiger partial charge in [0.05, 0.1) is 12.8 Å². The third kappa shape index (κ3) is 2.60. The number of aromatic nitrogens is 3. The zero-order valence-electron chi connectivity index (χ0n) is 10.5. The van der Waals surface area contributed by atoms with E-state index in [0.29, 0.717) is 11.3 Å². The Labute approximate surface area is 109 Å². The number of benzene rings is 1. The number of carbonyl (C=O) groups is 1. The van der Waals surface area contributed by atoms with Crippen molar-refractivity contribution in [3.05, 3.63) is 41.7 Å². The summed E-state index contributed by atoms with van der Waals surface area (Å²) >= 11 is 0. The topological polar surface area (TPSA) is 83.0 Å². The normalized spacial score (nSPS) is 12.2. The zero-order valence-corrected chi connectivity index (χ0v) is 10.5. The third-order valence-corrected chi connectivity index (χ3v) is 2.59. The van der Waals surface area contributed by atoms with E-state index in [1.54, 1.807) is 6.92 Å². The minimum Gasteiger partial charge on any atom is -0.463 e. The molecule has 1 aromatic carbocycles. The Hall–Kier alpha value is -2.28. The van der Waals surface area contributed by atoms with Gasteiger partial charge in [-0.2, -0.15) is 0 Å². The largest absolute Gasteiger partial charge is 0.463 e. The fourth-order valence-corrected chi connectivity index (χ4v) is 1.66. The van der Waals surface area contributed by atoms with Crippen LogP contribution in [0.4, 0.5) is 4.39 Å². The SMILES string of the molecule is COC(=O)c1ncn(-c2ccc(F)cc2C(C)N)n1. The van der Waals surface area contributed by atoms with Crippen molar-refractivity contribution < 1.29 is 13.9 Å². The second kappa shape index (κ2) is 5.15. The lowest BCUT2D eigenvalue weighted by atomic mass is 10.1. The molecule has 0 aliphatic carbocycles. The van der Waals surface area contributed by atoms with Crippen LogP contribution >= 0.6 is 0 Å². The number of ether oxygens (including phenoxy) is 1. The fraction of sp³-hybridized carbons (Fsp3) is 0.250. The minimum absolute atomic E-state index is 0.0672. The van der Waals surface area contributed by atoms with Crippen LogP contribution in [0.15, 0.2) is 24.5 Å². The summed E-state index contributed by atoms with van der Waals surface area (Å²) in [4.78, 5) is 15.1. The van der Waals surface area contributed by atoms with E-state index >= 15 is 0 Å². The molecular weight excluding hydrogens is 251 g/mol. The second-order valence-electron chi connectivity index (χ2n) is 4.00. The average molecular weight is 264 g/mol. The maximum absolute atomic E-state index is 13.2. The fourth-order valence-electron chi connectivity index (χ4n) is 1.66. The van der Waals surface area contributed by atoms with E-state index in [9.17, 15) is 9.18 Å². The molecule has 7 heteroatoms. The van der Waals surface area contributed by atoms with Crippen LogP contribution in [0.1, 0.15) is 29.1 Å². The van der Waals surface area contributed by atoms with Crippen molar-refractivity contribution in [3.8, 4) is 5.69 Å². The van der Waals surface area contributed by atoms with E-state index in [0.717, 1.165) is 0 Å². The van der Waals surface area contributed by atoms with Crippen molar-refractivity contribution in [2.24, 2.45) is 5.73 Å². The number of halogens is 1. The molecule has 2 rings (SSSR count). The zero-order chi connectivity index (χ0) is 14.0. The summed E-state index contributed by atoms with van der Waals surface area (Å²) in [6.07, 6.45) is 1.35. The number of carbonyl (C=O) groups excluding carboxylic acids is 1. The quantitative estimate of drug-likeness (QED) is 0.842. The van der Waals surface area contributed by atoms with Crippen LogP contribution in [0.3, 0.4) is 0 Å². The highest BCUT2D eigenvalue weighted by Gasteiger charge is 2.15. The van der Waals surface area contributed by atoms with Gasteiger partial charge in [0.2, 0.25) is 0 Å². The molecule has 1 heterocycles. The number of nitrogens with two attached hydrogens (primary N) is 1. The van der Waals surface area contributed by atoms with Crippen molar-refractivity contribution in [1.82, 2.24) is 14.8 Å². The molecule has 0 bridgehead atoms. The van der Waals surface area contributed by atoms with E-state index in [-0.39, 0.29) is 17.7 Å². The van der Waals surface area contributed by atoms with Crippen LogP contribution in [0, 0.1) is 5.82 Å². The highest BCUT2D eigenvalue weighted by Crippen LogP contribution is 2.20. The standard InChI is InChI=1S/C12H13FN4O2/c1-7(14)9-5-8(13)3-4-10(9)17-6-15-11(16-17)12(18)19-2/h3-7H,14H2,1-2H3.